The lowest BCUT2D eigenvalue weighted by molar-refractivity contribution is 0.0696. The first-order valence-corrected chi connectivity index (χ1v) is 6.70. The Kier molecular flexibility index (Phi) is 4.23. The molecule has 3 N–H and O–H groups in total. The van der Waals surface area contributed by atoms with Gasteiger partial charge in [-0.05, 0) is 25.1 Å². The summed E-state index contributed by atoms with van der Waals surface area (Å²) in [5.74, 6) is -1.72. The second kappa shape index (κ2) is 5.92. The predicted octanol–water partition coefficient (Wildman–Crippen LogP) is 2.40. The smallest absolute Gasteiger partial charge is 0.335 e. The lowest BCUT2D eigenvalue weighted by Gasteiger charge is -2.07. The molecule has 0 radical (unpaired) electrons. The van der Waals surface area contributed by atoms with E-state index >= 15 is 0 Å². The summed E-state index contributed by atoms with van der Waals surface area (Å²) in [5.41, 5.74) is 0.506. The topological polar surface area (TPSA) is 99.3 Å². The molecular weight excluding hydrogens is 340 g/mol. The minimum atomic E-state index is -1.11. The highest BCUT2D eigenvalue weighted by molar-refractivity contribution is 9.10. The van der Waals surface area contributed by atoms with Gasteiger partial charge < -0.3 is 15.4 Å². The first-order chi connectivity index (χ1) is 9.86. The number of rotatable bonds is 3. The van der Waals surface area contributed by atoms with E-state index in [0.29, 0.717) is 10.2 Å². The Morgan fingerprint density at radius 2 is 1.95 bits per heavy atom. The summed E-state index contributed by atoms with van der Waals surface area (Å²) in [6, 6.07) is 5.59. The number of carbonyl (C=O) groups excluding carboxylic acids is 1. The molecule has 7 heteroatoms. The van der Waals surface area contributed by atoms with Gasteiger partial charge in [0.15, 0.2) is 5.43 Å². The van der Waals surface area contributed by atoms with Crippen LogP contribution in [0.3, 0.4) is 0 Å². The Hall–Kier alpha value is -2.41. The number of carbonyl (C=O) groups is 2. The Balaban J connectivity index is 2.31. The lowest BCUT2D eigenvalue weighted by atomic mass is 10.2. The molecule has 21 heavy (non-hydrogen) atoms. The maximum atomic E-state index is 12.0. The van der Waals surface area contributed by atoms with Gasteiger partial charge in [0.25, 0.3) is 5.91 Å². The minimum Gasteiger partial charge on any atom is -0.478 e. The first-order valence-electron chi connectivity index (χ1n) is 5.91. The third-order valence-electron chi connectivity index (χ3n) is 2.70. The van der Waals surface area contributed by atoms with Crippen LogP contribution in [0.4, 0.5) is 5.69 Å². The van der Waals surface area contributed by atoms with E-state index in [1.165, 1.54) is 24.4 Å². The summed E-state index contributed by atoms with van der Waals surface area (Å²) in [7, 11) is 0. The van der Waals surface area contributed by atoms with Crippen molar-refractivity contribution < 1.29 is 14.7 Å². The Morgan fingerprint density at radius 1 is 1.24 bits per heavy atom. The van der Waals surface area contributed by atoms with Gasteiger partial charge >= 0.3 is 5.97 Å². The number of aromatic amines is 1. The van der Waals surface area contributed by atoms with Crippen LogP contribution in [-0.4, -0.2) is 22.0 Å². The average molecular weight is 351 g/mol. The molecule has 0 aliphatic rings. The van der Waals surface area contributed by atoms with Crippen LogP contribution in [0, 0.1) is 6.92 Å². The van der Waals surface area contributed by atoms with E-state index < -0.39 is 17.3 Å². The molecule has 0 atom stereocenters. The third kappa shape index (κ3) is 3.57. The Bertz CT molecular complexity index is 783. The van der Waals surface area contributed by atoms with E-state index in [9.17, 15) is 14.4 Å². The van der Waals surface area contributed by atoms with Crippen LogP contribution in [0.5, 0.6) is 0 Å². The zero-order valence-corrected chi connectivity index (χ0v) is 12.5. The summed E-state index contributed by atoms with van der Waals surface area (Å²) in [4.78, 5) is 37.5. The molecule has 6 nitrogen and oxygen atoms in total. The zero-order valence-electron chi connectivity index (χ0n) is 10.9. The molecule has 1 amide bonds. The number of aromatic nitrogens is 1. The van der Waals surface area contributed by atoms with Gasteiger partial charge in [0.2, 0.25) is 0 Å². The average Bonchev–Trinajstić information content (AvgIpc) is 2.37. The van der Waals surface area contributed by atoms with E-state index in [4.69, 9.17) is 5.11 Å². The van der Waals surface area contributed by atoms with Crippen LogP contribution >= 0.6 is 15.9 Å². The summed E-state index contributed by atoms with van der Waals surface area (Å²) in [5, 5.41) is 11.5. The molecule has 2 aromatic rings. The number of amides is 1. The quantitative estimate of drug-likeness (QED) is 0.791. The summed E-state index contributed by atoms with van der Waals surface area (Å²) in [6.07, 6.45) is 1.32. The highest BCUT2D eigenvalue weighted by Crippen LogP contribution is 2.20. The molecule has 1 aromatic carbocycles. The van der Waals surface area contributed by atoms with E-state index in [1.807, 2.05) is 0 Å². The molecule has 108 valence electrons. The number of carboxylic acids is 1. The maximum absolute atomic E-state index is 12.0. The van der Waals surface area contributed by atoms with Crippen molar-refractivity contribution in [1.82, 2.24) is 4.98 Å². The molecule has 1 aromatic heterocycles. The molecule has 0 unspecified atom stereocenters. The van der Waals surface area contributed by atoms with Crippen LogP contribution in [0.15, 0.2) is 39.7 Å². The van der Waals surface area contributed by atoms with Crippen molar-refractivity contribution in [2.24, 2.45) is 0 Å². The van der Waals surface area contributed by atoms with Crippen molar-refractivity contribution in [3.8, 4) is 0 Å². The van der Waals surface area contributed by atoms with Crippen molar-refractivity contribution in [2.45, 2.75) is 6.92 Å². The number of benzene rings is 1. The van der Waals surface area contributed by atoms with Gasteiger partial charge in [0.1, 0.15) is 5.56 Å². The van der Waals surface area contributed by atoms with Gasteiger partial charge in [-0.1, -0.05) is 15.9 Å². The van der Waals surface area contributed by atoms with Crippen LogP contribution in [0.1, 0.15) is 26.4 Å². The number of aromatic carboxylic acids is 1. The molecule has 0 aliphatic carbocycles. The normalized spacial score (nSPS) is 10.2. The SMILES string of the molecule is Cc1cc(=O)c(C(=O)Nc2cc(Br)cc(C(=O)O)c2)c[nH]1. The summed E-state index contributed by atoms with van der Waals surface area (Å²) < 4.78 is 0.510. The lowest BCUT2D eigenvalue weighted by Crippen LogP contribution is -2.21. The molecule has 0 bridgehead atoms. The minimum absolute atomic E-state index is 0.0255. The van der Waals surface area contributed by atoms with Gasteiger partial charge in [-0.3, -0.25) is 9.59 Å². The highest BCUT2D eigenvalue weighted by atomic mass is 79.9. The van der Waals surface area contributed by atoms with E-state index in [-0.39, 0.29) is 16.8 Å². The van der Waals surface area contributed by atoms with Crippen molar-refractivity contribution in [3.05, 3.63) is 62.0 Å². The number of hydrogen-bond acceptors (Lipinski definition) is 3. The fourth-order valence-corrected chi connectivity index (χ4v) is 2.23. The fourth-order valence-electron chi connectivity index (χ4n) is 1.73. The van der Waals surface area contributed by atoms with E-state index in [0.717, 1.165) is 0 Å². The Morgan fingerprint density at radius 3 is 2.57 bits per heavy atom. The number of halogens is 1. The molecule has 0 spiro atoms. The van der Waals surface area contributed by atoms with Crippen LogP contribution < -0.4 is 10.7 Å². The van der Waals surface area contributed by atoms with Crippen molar-refractivity contribution >= 4 is 33.5 Å². The second-order valence-corrected chi connectivity index (χ2v) is 5.30. The van der Waals surface area contributed by atoms with Crippen molar-refractivity contribution in [3.63, 3.8) is 0 Å². The number of nitrogens with one attached hydrogen (secondary N) is 2. The number of H-pyrrole nitrogens is 1. The first kappa shape index (κ1) is 15.0. The zero-order chi connectivity index (χ0) is 15.6. The van der Waals surface area contributed by atoms with Gasteiger partial charge in [-0.2, -0.15) is 0 Å². The fraction of sp³-hybridized carbons (Fsp3) is 0.0714. The number of aryl methyl sites for hydroxylation is 1. The maximum Gasteiger partial charge on any atom is 0.335 e. The van der Waals surface area contributed by atoms with Gasteiger partial charge in [-0.25, -0.2) is 4.79 Å². The highest BCUT2D eigenvalue weighted by Gasteiger charge is 2.12. The molecule has 2 rings (SSSR count). The molecule has 0 saturated carbocycles. The summed E-state index contributed by atoms with van der Waals surface area (Å²) >= 11 is 3.17. The van der Waals surface area contributed by atoms with Crippen molar-refractivity contribution in [2.75, 3.05) is 5.32 Å². The summed E-state index contributed by atoms with van der Waals surface area (Å²) in [6.45, 7) is 1.70. The van der Waals surface area contributed by atoms with Gasteiger partial charge in [0, 0.05) is 28.1 Å². The number of anilines is 1. The molecule has 0 aliphatic heterocycles. The largest absolute Gasteiger partial charge is 0.478 e. The van der Waals surface area contributed by atoms with Crippen LogP contribution in [0.2, 0.25) is 0 Å². The molecule has 0 fully saturated rings. The predicted molar refractivity (Wildman–Crippen MR) is 80.9 cm³/mol. The third-order valence-corrected chi connectivity index (χ3v) is 3.16. The van der Waals surface area contributed by atoms with Gasteiger partial charge in [-0.15, -0.1) is 0 Å². The van der Waals surface area contributed by atoms with Gasteiger partial charge in [0.05, 0.1) is 5.56 Å². The van der Waals surface area contributed by atoms with Crippen molar-refractivity contribution in [1.29, 1.82) is 0 Å². The van der Waals surface area contributed by atoms with Crippen LogP contribution in [0.25, 0.3) is 0 Å². The van der Waals surface area contributed by atoms with E-state index in [1.54, 1.807) is 13.0 Å². The molecule has 1 heterocycles. The number of pyridine rings is 1. The monoisotopic (exact) mass is 350 g/mol. The van der Waals surface area contributed by atoms with Crippen LogP contribution in [-0.2, 0) is 0 Å². The molecular formula is C14H11BrN2O4. The second-order valence-electron chi connectivity index (χ2n) is 4.38. The molecule has 0 saturated heterocycles. The number of hydrogen-bond donors (Lipinski definition) is 3. The van der Waals surface area contributed by atoms with E-state index in [2.05, 4.69) is 26.2 Å². The number of carboxylic acid groups (broad SMARTS) is 1. The standard InChI is InChI=1S/C14H11BrN2O4/c1-7-2-12(18)11(6-16-7)13(19)17-10-4-8(14(20)21)3-9(15)5-10/h2-6H,1H3,(H,16,18)(H,17,19)(H,20,21). The Labute approximate surface area is 127 Å².